The van der Waals surface area contributed by atoms with Gasteiger partial charge in [-0.1, -0.05) is 11.6 Å². The van der Waals surface area contributed by atoms with E-state index in [0.29, 0.717) is 21.0 Å². The van der Waals surface area contributed by atoms with Gasteiger partial charge in [0.2, 0.25) is 0 Å². The van der Waals surface area contributed by atoms with Crippen LogP contribution in [0.2, 0.25) is 5.02 Å². The largest absolute Gasteiger partial charge is 0.312 e. The summed E-state index contributed by atoms with van der Waals surface area (Å²) in [5.74, 6) is 0.411. The Bertz CT molecular complexity index is 543. The summed E-state index contributed by atoms with van der Waals surface area (Å²) in [5.41, 5.74) is 0.426. The highest BCUT2D eigenvalue weighted by molar-refractivity contribution is 9.10. The third-order valence-electron chi connectivity index (χ3n) is 1.83. The van der Waals surface area contributed by atoms with Crippen LogP contribution in [0.15, 0.2) is 21.8 Å². The van der Waals surface area contributed by atoms with Crippen molar-refractivity contribution >= 4 is 27.5 Å². The molecule has 2 heterocycles. The third kappa shape index (κ3) is 1.82. The Balaban J connectivity index is 2.64. The van der Waals surface area contributed by atoms with Crippen LogP contribution in [-0.4, -0.2) is 19.7 Å². The Morgan fingerprint density at radius 1 is 1.60 bits per heavy atom. The van der Waals surface area contributed by atoms with Crippen LogP contribution in [0.4, 0.5) is 0 Å². The van der Waals surface area contributed by atoms with Gasteiger partial charge in [-0.25, -0.2) is 9.67 Å². The third-order valence-corrected chi connectivity index (χ3v) is 2.92. The number of rotatable bonds is 1. The summed E-state index contributed by atoms with van der Waals surface area (Å²) in [6.07, 6.45) is 2.91. The zero-order chi connectivity index (χ0) is 11.0. The first-order valence-corrected chi connectivity index (χ1v) is 5.22. The van der Waals surface area contributed by atoms with Gasteiger partial charge in [0.05, 0.1) is 23.2 Å². The fourth-order valence-electron chi connectivity index (χ4n) is 1.08. The van der Waals surface area contributed by atoms with E-state index in [1.54, 1.807) is 13.1 Å². The van der Waals surface area contributed by atoms with Crippen molar-refractivity contribution in [3.63, 3.8) is 0 Å². The maximum absolute atomic E-state index is 11.3. The maximum Gasteiger partial charge on any atom is 0.267 e. The molecule has 15 heavy (non-hydrogen) atoms. The second-order valence-corrected chi connectivity index (χ2v) is 4.08. The van der Waals surface area contributed by atoms with E-state index >= 15 is 0 Å². The van der Waals surface area contributed by atoms with Gasteiger partial charge in [0.25, 0.3) is 5.56 Å². The van der Waals surface area contributed by atoms with Crippen LogP contribution in [0, 0.1) is 6.92 Å². The summed E-state index contributed by atoms with van der Waals surface area (Å²) >= 11 is 9.00. The van der Waals surface area contributed by atoms with Gasteiger partial charge in [0.1, 0.15) is 4.47 Å². The van der Waals surface area contributed by atoms with Crippen molar-refractivity contribution in [2.75, 3.05) is 0 Å². The van der Waals surface area contributed by atoms with E-state index in [0.717, 1.165) is 0 Å². The number of aryl methyl sites for hydroxylation is 1. The van der Waals surface area contributed by atoms with Crippen molar-refractivity contribution in [3.05, 3.63) is 38.1 Å². The molecule has 1 N–H and O–H groups in total. The highest BCUT2D eigenvalue weighted by Crippen LogP contribution is 2.18. The molecule has 2 rings (SSSR count). The van der Waals surface area contributed by atoms with E-state index in [1.807, 2.05) is 0 Å². The number of hydrogen-bond acceptors (Lipinski definition) is 3. The van der Waals surface area contributed by atoms with E-state index < -0.39 is 0 Å². The first-order valence-electron chi connectivity index (χ1n) is 4.05. The van der Waals surface area contributed by atoms with Crippen molar-refractivity contribution in [2.45, 2.75) is 6.92 Å². The van der Waals surface area contributed by atoms with Crippen LogP contribution in [0.5, 0.6) is 0 Å². The van der Waals surface area contributed by atoms with Crippen molar-refractivity contribution in [1.82, 2.24) is 19.7 Å². The number of halogens is 2. The number of H-pyrrole nitrogens is 1. The van der Waals surface area contributed by atoms with Crippen molar-refractivity contribution in [3.8, 4) is 5.82 Å². The molecule has 0 spiro atoms. The van der Waals surface area contributed by atoms with Gasteiger partial charge < -0.3 is 4.98 Å². The van der Waals surface area contributed by atoms with Crippen molar-refractivity contribution < 1.29 is 0 Å². The lowest BCUT2D eigenvalue weighted by Gasteiger charge is -2.00. The van der Waals surface area contributed by atoms with Crippen molar-refractivity contribution in [2.24, 2.45) is 0 Å². The van der Waals surface area contributed by atoms with Gasteiger partial charge >= 0.3 is 0 Å². The summed E-state index contributed by atoms with van der Waals surface area (Å²) in [7, 11) is 0. The van der Waals surface area contributed by atoms with Crippen LogP contribution < -0.4 is 5.56 Å². The molecule has 0 radical (unpaired) electrons. The molecule has 0 bridgehead atoms. The number of hydrogen-bond donors (Lipinski definition) is 1. The van der Waals surface area contributed by atoms with Gasteiger partial charge in [0, 0.05) is 0 Å². The summed E-state index contributed by atoms with van der Waals surface area (Å²) in [5, 5.41) is 4.65. The molecule has 0 atom stereocenters. The van der Waals surface area contributed by atoms with Gasteiger partial charge in [-0.2, -0.15) is 5.10 Å². The van der Waals surface area contributed by atoms with E-state index in [2.05, 4.69) is 31.0 Å². The first kappa shape index (κ1) is 10.4. The zero-order valence-electron chi connectivity index (χ0n) is 7.66. The molecule has 5 nitrogen and oxygen atoms in total. The normalized spacial score (nSPS) is 10.6. The molecule has 0 aliphatic rings. The number of nitrogens with one attached hydrogen (secondary N) is 1. The topological polar surface area (TPSA) is 63.6 Å². The molecule has 0 aliphatic heterocycles. The standard InChI is InChI=1S/C8H6BrClN4O/c1-4-5(10)2-14(13-4)7-6(9)8(15)12-3-11-7/h2-3H,1H3,(H,11,12,15). The summed E-state index contributed by atoms with van der Waals surface area (Å²) in [6, 6.07) is 0. The minimum absolute atomic E-state index is 0.260. The average Bonchev–Trinajstić information content (AvgIpc) is 2.51. The monoisotopic (exact) mass is 288 g/mol. The Hall–Kier alpha value is -1.14. The fourth-order valence-corrected chi connectivity index (χ4v) is 1.61. The second-order valence-electron chi connectivity index (χ2n) is 2.88. The average molecular weight is 290 g/mol. The fraction of sp³-hybridized carbons (Fsp3) is 0.125. The number of aromatic amines is 1. The van der Waals surface area contributed by atoms with Gasteiger partial charge in [0.15, 0.2) is 5.82 Å². The van der Waals surface area contributed by atoms with Crippen LogP contribution >= 0.6 is 27.5 Å². The first-order chi connectivity index (χ1) is 7.09. The number of aromatic nitrogens is 4. The van der Waals surface area contributed by atoms with E-state index in [4.69, 9.17) is 11.6 Å². The molecule has 0 saturated heterocycles. The predicted molar refractivity (Wildman–Crippen MR) is 59.4 cm³/mol. The van der Waals surface area contributed by atoms with Crippen LogP contribution in [0.3, 0.4) is 0 Å². The Kier molecular flexibility index (Phi) is 2.62. The minimum Gasteiger partial charge on any atom is -0.312 e. The summed E-state index contributed by atoms with van der Waals surface area (Å²) in [4.78, 5) is 17.7. The van der Waals surface area contributed by atoms with Crippen LogP contribution in [0.25, 0.3) is 5.82 Å². The molecular formula is C8H6BrClN4O. The van der Waals surface area contributed by atoms with Gasteiger partial charge in [-0.3, -0.25) is 4.79 Å². The molecule has 0 saturated carbocycles. The Morgan fingerprint density at radius 3 is 2.93 bits per heavy atom. The lowest BCUT2D eigenvalue weighted by atomic mass is 10.5. The molecule has 0 aromatic carbocycles. The lowest BCUT2D eigenvalue weighted by Crippen LogP contribution is -2.12. The smallest absolute Gasteiger partial charge is 0.267 e. The van der Waals surface area contributed by atoms with E-state index in [9.17, 15) is 4.79 Å². The van der Waals surface area contributed by atoms with E-state index in [1.165, 1.54) is 11.0 Å². The summed E-state index contributed by atoms with van der Waals surface area (Å²) in [6.45, 7) is 1.78. The molecule has 0 amide bonds. The number of nitrogens with zero attached hydrogens (tertiary/aromatic N) is 3. The maximum atomic E-state index is 11.3. The molecule has 7 heteroatoms. The highest BCUT2D eigenvalue weighted by atomic mass is 79.9. The molecule has 0 unspecified atom stereocenters. The second kappa shape index (κ2) is 3.79. The van der Waals surface area contributed by atoms with Crippen molar-refractivity contribution in [1.29, 1.82) is 0 Å². The quantitative estimate of drug-likeness (QED) is 0.869. The lowest BCUT2D eigenvalue weighted by molar-refractivity contribution is 0.815. The van der Waals surface area contributed by atoms with Crippen LogP contribution in [-0.2, 0) is 0 Å². The molecular weight excluding hydrogens is 283 g/mol. The minimum atomic E-state index is -0.260. The van der Waals surface area contributed by atoms with Gasteiger partial charge in [-0.05, 0) is 22.9 Å². The zero-order valence-corrected chi connectivity index (χ0v) is 10.0. The SMILES string of the molecule is Cc1nn(-c2nc[nH]c(=O)c2Br)cc1Cl. The molecule has 2 aromatic rings. The van der Waals surface area contributed by atoms with E-state index in [-0.39, 0.29) is 5.56 Å². The summed E-state index contributed by atoms with van der Waals surface area (Å²) < 4.78 is 1.78. The molecule has 2 aromatic heterocycles. The Labute approximate surface area is 98.2 Å². The Morgan fingerprint density at radius 2 is 2.33 bits per heavy atom. The molecule has 0 aliphatic carbocycles. The predicted octanol–water partition coefficient (Wildman–Crippen LogP) is 1.68. The van der Waals surface area contributed by atoms with Gasteiger partial charge in [-0.15, -0.1) is 0 Å². The highest BCUT2D eigenvalue weighted by Gasteiger charge is 2.10. The van der Waals surface area contributed by atoms with Crippen LogP contribution in [0.1, 0.15) is 5.69 Å². The molecule has 0 fully saturated rings. The molecule has 78 valence electrons.